The number of nitrogens with two attached hydrogens (primary N) is 1. The number of pyridine rings is 1. The van der Waals surface area contributed by atoms with Crippen LogP contribution in [-0.2, 0) is 6.42 Å². The summed E-state index contributed by atoms with van der Waals surface area (Å²) in [5.74, 6) is 0.798. The van der Waals surface area contributed by atoms with Crippen molar-refractivity contribution in [2.75, 3.05) is 11.1 Å². The second kappa shape index (κ2) is 4.92. The highest BCUT2D eigenvalue weighted by Gasteiger charge is 2.20. The maximum atomic E-state index is 6.03. The first-order valence-corrected chi connectivity index (χ1v) is 6.80. The molecule has 1 unspecified atom stereocenters. The van der Waals surface area contributed by atoms with Gasteiger partial charge >= 0.3 is 0 Å². The van der Waals surface area contributed by atoms with Crippen molar-refractivity contribution in [3.8, 4) is 0 Å². The fourth-order valence-electron chi connectivity index (χ4n) is 2.78. The lowest BCUT2D eigenvalue weighted by Gasteiger charge is -2.27. The van der Waals surface area contributed by atoms with Crippen LogP contribution in [0.5, 0.6) is 0 Å². The summed E-state index contributed by atoms with van der Waals surface area (Å²) in [5.41, 5.74) is 10.7. The summed E-state index contributed by atoms with van der Waals surface area (Å²) < 4.78 is 0. The SMILES string of the molecule is Cc1cnc(NC2CCCc3ccccc32)c(N)c1. The van der Waals surface area contributed by atoms with Gasteiger partial charge in [0.05, 0.1) is 11.7 Å². The smallest absolute Gasteiger partial charge is 0.149 e. The molecular weight excluding hydrogens is 234 g/mol. The van der Waals surface area contributed by atoms with Gasteiger partial charge in [0.25, 0.3) is 0 Å². The molecular formula is C16H19N3. The topological polar surface area (TPSA) is 50.9 Å². The maximum absolute atomic E-state index is 6.03. The van der Waals surface area contributed by atoms with Gasteiger partial charge in [-0.15, -0.1) is 0 Å². The largest absolute Gasteiger partial charge is 0.396 e. The van der Waals surface area contributed by atoms with Gasteiger partial charge in [-0.2, -0.15) is 0 Å². The number of rotatable bonds is 2. The molecule has 3 heteroatoms. The molecule has 1 heterocycles. The normalized spacial score (nSPS) is 17.8. The van der Waals surface area contributed by atoms with E-state index in [1.54, 1.807) is 0 Å². The number of nitrogens with zero attached hydrogens (tertiary/aromatic N) is 1. The Morgan fingerprint density at radius 1 is 1.32 bits per heavy atom. The van der Waals surface area contributed by atoms with E-state index in [2.05, 4.69) is 34.6 Å². The van der Waals surface area contributed by atoms with Crippen molar-refractivity contribution in [3.63, 3.8) is 0 Å². The summed E-state index contributed by atoms with van der Waals surface area (Å²) in [6, 6.07) is 10.9. The summed E-state index contributed by atoms with van der Waals surface area (Å²) in [6.07, 6.45) is 5.37. The first-order chi connectivity index (χ1) is 9.24. The van der Waals surface area contributed by atoms with Crippen LogP contribution in [0, 0.1) is 6.92 Å². The number of nitrogens with one attached hydrogen (secondary N) is 1. The van der Waals surface area contributed by atoms with Crippen molar-refractivity contribution >= 4 is 11.5 Å². The Morgan fingerprint density at radius 3 is 3.00 bits per heavy atom. The quantitative estimate of drug-likeness (QED) is 0.861. The Labute approximate surface area is 113 Å². The van der Waals surface area contributed by atoms with Gasteiger partial charge in [0.1, 0.15) is 5.82 Å². The van der Waals surface area contributed by atoms with Gasteiger partial charge in [0, 0.05) is 6.20 Å². The Hall–Kier alpha value is -2.03. The Morgan fingerprint density at radius 2 is 2.16 bits per heavy atom. The lowest BCUT2D eigenvalue weighted by molar-refractivity contribution is 0.599. The van der Waals surface area contributed by atoms with Crippen molar-refractivity contribution in [1.82, 2.24) is 4.98 Å². The van der Waals surface area contributed by atoms with Gasteiger partial charge in [-0.1, -0.05) is 24.3 Å². The molecule has 1 aromatic carbocycles. The average Bonchev–Trinajstić information content (AvgIpc) is 2.42. The van der Waals surface area contributed by atoms with Crippen LogP contribution in [0.1, 0.15) is 35.6 Å². The van der Waals surface area contributed by atoms with Crippen LogP contribution in [0.3, 0.4) is 0 Å². The number of hydrogen-bond donors (Lipinski definition) is 2. The van der Waals surface area contributed by atoms with Crippen LogP contribution in [-0.4, -0.2) is 4.98 Å². The molecule has 1 aliphatic rings. The summed E-state index contributed by atoms with van der Waals surface area (Å²) >= 11 is 0. The minimum absolute atomic E-state index is 0.322. The van der Waals surface area contributed by atoms with E-state index in [1.165, 1.54) is 24.0 Å². The van der Waals surface area contributed by atoms with E-state index in [9.17, 15) is 0 Å². The molecule has 0 saturated heterocycles. The predicted octanol–water partition coefficient (Wildman–Crippen LogP) is 3.46. The second-order valence-electron chi connectivity index (χ2n) is 5.24. The molecule has 3 N–H and O–H groups in total. The lowest BCUT2D eigenvalue weighted by atomic mass is 9.88. The molecule has 0 radical (unpaired) electrons. The van der Waals surface area contributed by atoms with Crippen LogP contribution < -0.4 is 11.1 Å². The Kier molecular flexibility index (Phi) is 3.11. The molecule has 1 atom stereocenters. The highest BCUT2D eigenvalue weighted by atomic mass is 15.0. The summed E-state index contributed by atoms with van der Waals surface area (Å²) in [5, 5.41) is 3.50. The van der Waals surface area contributed by atoms with Gasteiger partial charge < -0.3 is 11.1 Å². The number of fused-ring (bicyclic) bond motifs is 1. The van der Waals surface area contributed by atoms with Crippen LogP contribution in [0.15, 0.2) is 36.5 Å². The molecule has 3 rings (SSSR count). The number of nitrogen functional groups attached to an aromatic ring is 1. The molecule has 0 amide bonds. The molecule has 1 aliphatic carbocycles. The Bertz CT molecular complexity index is 592. The fraction of sp³-hybridized carbons (Fsp3) is 0.312. The van der Waals surface area contributed by atoms with E-state index in [-0.39, 0.29) is 0 Å². The van der Waals surface area contributed by atoms with E-state index in [4.69, 9.17) is 5.73 Å². The van der Waals surface area contributed by atoms with Crippen LogP contribution >= 0.6 is 0 Å². The number of aromatic nitrogens is 1. The maximum Gasteiger partial charge on any atom is 0.149 e. The zero-order valence-electron chi connectivity index (χ0n) is 11.2. The molecule has 19 heavy (non-hydrogen) atoms. The fourth-order valence-corrected chi connectivity index (χ4v) is 2.78. The van der Waals surface area contributed by atoms with Gasteiger partial charge in [0.2, 0.25) is 0 Å². The van der Waals surface area contributed by atoms with Crippen LogP contribution in [0.2, 0.25) is 0 Å². The molecule has 1 aromatic heterocycles. The second-order valence-corrected chi connectivity index (χ2v) is 5.24. The third-order valence-electron chi connectivity index (χ3n) is 3.73. The van der Waals surface area contributed by atoms with E-state index in [0.29, 0.717) is 6.04 Å². The lowest BCUT2D eigenvalue weighted by Crippen LogP contribution is -2.18. The Balaban J connectivity index is 1.88. The van der Waals surface area contributed by atoms with Crippen LogP contribution in [0.4, 0.5) is 11.5 Å². The molecule has 0 fully saturated rings. The molecule has 98 valence electrons. The van der Waals surface area contributed by atoms with E-state index < -0.39 is 0 Å². The molecule has 0 spiro atoms. The number of aryl methyl sites for hydroxylation is 2. The van der Waals surface area contributed by atoms with Gasteiger partial charge in [0.15, 0.2) is 0 Å². The first kappa shape index (κ1) is 12.0. The van der Waals surface area contributed by atoms with Crippen LogP contribution in [0.25, 0.3) is 0 Å². The monoisotopic (exact) mass is 253 g/mol. The molecule has 0 aliphatic heterocycles. The average molecular weight is 253 g/mol. The highest BCUT2D eigenvalue weighted by molar-refractivity contribution is 5.62. The van der Waals surface area contributed by atoms with Crippen molar-refractivity contribution < 1.29 is 0 Å². The van der Waals surface area contributed by atoms with Crippen molar-refractivity contribution in [1.29, 1.82) is 0 Å². The number of hydrogen-bond acceptors (Lipinski definition) is 3. The minimum atomic E-state index is 0.322. The number of benzene rings is 1. The standard InChI is InChI=1S/C16H19N3/c1-11-9-14(17)16(18-10-11)19-15-8-4-6-12-5-2-3-7-13(12)15/h2-3,5,7,9-10,15H,4,6,8,17H2,1H3,(H,18,19). The molecule has 0 bridgehead atoms. The summed E-state index contributed by atoms with van der Waals surface area (Å²) in [4.78, 5) is 4.41. The zero-order chi connectivity index (χ0) is 13.2. The molecule has 3 nitrogen and oxygen atoms in total. The van der Waals surface area contributed by atoms with Gasteiger partial charge in [-0.05, 0) is 48.9 Å². The number of anilines is 2. The van der Waals surface area contributed by atoms with E-state index in [1.807, 2.05) is 19.2 Å². The molecule has 2 aromatic rings. The van der Waals surface area contributed by atoms with Gasteiger partial charge in [-0.25, -0.2) is 4.98 Å². The van der Waals surface area contributed by atoms with E-state index >= 15 is 0 Å². The summed E-state index contributed by atoms with van der Waals surface area (Å²) in [6.45, 7) is 2.00. The predicted molar refractivity (Wildman–Crippen MR) is 79.1 cm³/mol. The highest BCUT2D eigenvalue weighted by Crippen LogP contribution is 2.33. The van der Waals surface area contributed by atoms with E-state index in [0.717, 1.165) is 23.5 Å². The first-order valence-electron chi connectivity index (χ1n) is 6.80. The van der Waals surface area contributed by atoms with Crippen molar-refractivity contribution in [3.05, 3.63) is 53.2 Å². The summed E-state index contributed by atoms with van der Waals surface area (Å²) in [7, 11) is 0. The third kappa shape index (κ3) is 2.41. The van der Waals surface area contributed by atoms with Gasteiger partial charge in [-0.3, -0.25) is 0 Å². The minimum Gasteiger partial charge on any atom is -0.396 e. The van der Waals surface area contributed by atoms with Crippen molar-refractivity contribution in [2.24, 2.45) is 0 Å². The molecule has 0 saturated carbocycles. The zero-order valence-corrected chi connectivity index (χ0v) is 11.2. The third-order valence-corrected chi connectivity index (χ3v) is 3.73. The van der Waals surface area contributed by atoms with Crippen molar-refractivity contribution in [2.45, 2.75) is 32.2 Å².